The van der Waals surface area contributed by atoms with Crippen molar-refractivity contribution < 1.29 is 9.84 Å². The maximum Gasteiger partial charge on any atom is 0.0745 e. The quantitative estimate of drug-likeness (QED) is 0.519. The van der Waals surface area contributed by atoms with E-state index in [-0.39, 0.29) is 6.10 Å². The first kappa shape index (κ1) is 9.88. The van der Waals surface area contributed by atoms with Crippen molar-refractivity contribution in [1.82, 2.24) is 5.32 Å². The van der Waals surface area contributed by atoms with Gasteiger partial charge in [-0.1, -0.05) is 6.92 Å². The highest BCUT2D eigenvalue weighted by Crippen LogP contribution is 1.80. The molecule has 0 saturated carbocycles. The van der Waals surface area contributed by atoms with E-state index in [0.29, 0.717) is 13.2 Å². The molecule has 0 aliphatic carbocycles. The minimum absolute atomic E-state index is 0.346. The number of aliphatic hydroxyl groups is 1. The van der Waals surface area contributed by atoms with Crippen LogP contribution < -0.4 is 5.32 Å². The van der Waals surface area contributed by atoms with Crippen molar-refractivity contribution in [1.29, 1.82) is 0 Å². The van der Waals surface area contributed by atoms with Crippen molar-refractivity contribution in [3.8, 4) is 0 Å². The van der Waals surface area contributed by atoms with E-state index >= 15 is 0 Å². The fourth-order valence-corrected chi connectivity index (χ4v) is 0.575. The summed E-state index contributed by atoms with van der Waals surface area (Å²) < 4.78 is 5.08. The van der Waals surface area contributed by atoms with Gasteiger partial charge in [-0.25, -0.2) is 0 Å². The molecule has 0 aromatic heterocycles. The van der Waals surface area contributed by atoms with Crippen LogP contribution in [0.3, 0.4) is 0 Å². The van der Waals surface area contributed by atoms with Crippen LogP contribution in [0.15, 0.2) is 0 Å². The number of rotatable bonds is 6. The van der Waals surface area contributed by atoms with Gasteiger partial charge in [-0.15, -0.1) is 0 Å². The maximum absolute atomic E-state index is 8.76. The smallest absolute Gasteiger partial charge is 0.0745 e. The molecular formula is C7H17NO2. The molecule has 0 heterocycles. The lowest BCUT2D eigenvalue weighted by molar-refractivity contribution is 0.0478. The second-order valence-electron chi connectivity index (χ2n) is 2.28. The highest BCUT2D eigenvalue weighted by molar-refractivity contribution is 4.44. The van der Waals surface area contributed by atoms with Gasteiger partial charge in [0.2, 0.25) is 0 Å². The monoisotopic (exact) mass is 147 g/mol. The van der Waals surface area contributed by atoms with Crippen LogP contribution in [0.25, 0.3) is 0 Å². The number of likely N-dealkylation sites (N-methyl/N-ethyl adjacent to an activating group) is 1. The minimum atomic E-state index is -0.346. The molecule has 0 amide bonds. The van der Waals surface area contributed by atoms with Gasteiger partial charge in [0, 0.05) is 6.54 Å². The predicted octanol–water partition coefficient (Wildman–Crippen LogP) is -0.00670. The second-order valence-corrected chi connectivity index (χ2v) is 2.28. The summed E-state index contributed by atoms with van der Waals surface area (Å²) in [4.78, 5) is 0. The molecule has 0 aromatic carbocycles. The molecule has 3 heteroatoms. The van der Waals surface area contributed by atoms with Gasteiger partial charge in [0.15, 0.2) is 0 Å². The molecule has 0 spiro atoms. The van der Waals surface area contributed by atoms with E-state index < -0.39 is 0 Å². The average molecular weight is 147 g/mol. The molecule has 0 radical (unpaired) electrons. The normalized spacial score (nSPS) is 13.5. The van der Waals surface area contributed by atoms with Gasteiger partial charge in [-0.05, 0) is 13.5 Å². The molecule has 0 aliphatic heterocycles. The fourth-order valence-electron chi connectivity index (χ4n) is 0.575. The molecule has 1 unspecified atom stereocenters. The molecule has 0 bridgehead atoms. The average Bonchev–Trinajstić information content (AvgIpc) is 1.87. The molecule has 0 rings (SSSR count). The number of ether oxygens (including phenoxy) is 1. The first-order valence-electron chi connectivity index (χ1n) is 3.74. The van der Waals surface area contributed by atoms with E-state index in [1.165, 1.54) is 0 Å². The summed E-state index contributed by atoms with van der Waals surface area (Å²) in [5, 5.41) is 11.9. The third kappa shape index (κ3) is 7.88. The number of aliphatic hydroxyl groups excluding tert-OH is 1. The SMILES string of the molecule is CCNCCOCC(C)O. The second kappa shape index (κ2) is 6.99. The lowest BCUT2D eigenvalue weighted by Crippen LogP contribution is -2.21. The van der Waals surface area contributed by atoms with Gasteiger partial charge < -0.3 is 15.2 Å². The zero-order valence-electron chi connectivity index (χ0n) is 6.76. The predicted molar refractivity (Wildman–Crippen MR) is 41.0 cm³/mol. The number of hydrogen-bond donors (Lipinski definition) is 2. The molecular weight excluding hydrogens is 130 g/mol. The van der Waals surface area contributed by atoms with Crippen LogP contribution in [0.1, 0.15) is 13.8 Å². The molecule has 0 fully saturated rings. The van der Waals surface area contributed by atoms with Crippen LogP contribution in [0.5, 0.6) is 0 Å². The van der Waals surface area contributed by atoms with Gasteiger partial charge in [0.25, 0.3) is 0 Å². The number of nitrogens with one attached hydrogen (secondary N) is 1. The lowest BCUT2D eigenvalue weighted by atomic mass is 10.4. The van der Waals surface area contributed by atoms with Crippen molar-refractivity contribution in [2.24, 2.45) is 0 Å². The van der Waals surface area contributed by atoms with Crippen molar-refractivity contribution in [3.63, 3.8) is 0 Å². The van der Waals surface area contributed by atoms with Gasteiger partial charge in [-0.3, -0.25) is 0 Å². The van der Waals surface area contributed by atoms with Gasteiger partial charge in [0.1, 0.15) is 0 Å². The Morgan fingerprint density at radius 3 is 2.80 bits per heavy atom. The van der Waals surface area contributed by atoms with E-state index in [1.807, 2.05) is 0 Å². The Morgan fingerprint density at radius 1 is 1.60 bits per heavy atom. The van der Waals surface area contributed by atoms with E-state index in [4.69, 9.17) is 9.84 Å². The van der Waals surface area contributed by atoms with Crippen LogP contribution in [0, 0.1) is 0 Å². The maximum atomic E-state index is 8.76. The van der Waals surface area contributed by atoms with Gasteiger partial charge >= 0.3 is 0 Å². The van der Waals surface area contributed by atoms with Gasteiger partial charge in [0.05, 0.1) is 19.3 Å². The molecule has 1 atom stereocenters. The Hall–Kier alpha value is -0.120. The molecule has 62 valence electrons. The molecule has 10 heavy (non-hydrogen) atoms. The highest BCUT2D eigenvalue weighted by atomic mass is 16.5. The van der Waals surface area contributed by atoms with Crippen LogP contribution in [0.2, 0.25) is 0 Å². The van der Waals surface area contributed by atoms with E-state index in [9.17, 15) is 0 Å². The fraction of sp³-hybridized carbons (Fsp3) is 1.00. The van der Waals surface area contributed by atoms with Crippen molar-refractivity contribution in [2.75, 3.05) is 26.3 Å². The Balaban J connectivity index is 2.77. The largest absolute Gasteiger partial charge is 0.391 e. The van der Waals surface area contributed by atoms with Crippen LogP contribution in [-0.2, 0) is 4.74 Å². The summed E-state index contributed by atoms with van der Waals surface area (Å²) in [6, 6.07) is 0. The Morgan fingerprint density at radius 2 is 2.30 bits per heavy atom. The summed E-state index contributed by atoms with van der Waals surface area (Å²) in [6.07, 6.45) is -0.346. The number of hydrogen-bond acceptors (Lipinski definition) is 3. The summed E-state index contributed by atoms with van der Waals surface area (Å²) in [5.41, 5.74) is 0. The molecule has 2 N–H and O–H groups in total. The zero-order chi connectivity index (χ0) is 7.82. The van der Waals surface area contributed by atoms with Crippen LogP contribution in [-0.4, -0.2) is 37.5 Å². The molecule has 3 nitrogen and oxygen atoms in total. The van der Waals surface area contributed by atoms with Gasteiger partial charge in [-0.2, -0.15) is 0 Å². The summed E-state index contributed by atoms with van der Waals surface area (Å²) in [6.45, 7) is 6.72. The summed E-state index contributed by atoms with van der Waals surface area (Å²) in [7, 11) is 0. The van der Waals surface area contributed by atoms with Crippen molar-refractivity contribution in [2.45, 2.75) is 20.0 Å². The van der Waals surface area contributed by atoms with E-state index in [1.54, 1.807) is 6.92 Å². The summed E-state index contributed by atoms with van der Waals surface area (Å²) in [5.74, 6) is 0. The third-order valence-electron chi connectivity index (χ3n) is 1.03. The van der Waals surface area contributed by atoms with Crippen molar-refractivity contribution >= 4 is 0 Å². The van der Waals surface area contributed by atoms with Crippen molar-refractivity contribution in [3.05, 3.63) is 0 Å². The molecule has 0 saturated heterocycles. The Kier molecular flexibility index (Phi) is 6.91. The Bertz CT molecular complexity index is 66.6. The van der Waals surface area contributed by atoms with Crippen LogP contribution >= 0.6 is 0 Å². The zero-order valence-corrected chi connectivity index (χ0v) is 6.76. The first-order chi connectivity index (χ1) is 4.77. The van der Waals surface area contributed by atoms with E-state index in [2.05, 4.69) is 12.2 Å². The Labute approximate surface area is 62.4 Å². The highest BCUT2D eigenvalue weighted by Gasteiger charge is 1.93. The molecule has 0 aromatic rings. The van der Waals surface area contributed by atoms with E-state index in [0.717, 1.165) is 13.1 Å². The lowest BCUT2D eigenvalue weighted by Gasteiger charge is -2.05. The molecule has 0 aliphatic rings. The first-order valence-corrected chi connectivity index (χ1v) is 3.74. The summed E-state index contributed by atoms with van der Waals surface area (Å²) >= 11 is 0. The third-order valence-corrected chi connectivity index (χ3v) is 1.03. The standard InChI is InChI=1S/C7H17NO2/c1-3-8-4-5-10-6-7(2)9/h7-9H,3-6H2,1-2H3. The van der Waals surface area contributed by atoms with Crippen LogP contribution in [0.4, 0.5) is 0 Å². The minimum Gasteiger partial charge on any atom is -0.391 e. The topological polar surface area (TPSA) is 41.5 Å².